The van der Waals surface area contributed by atoms with Crippen LogP contribution in [0.5, 0.6) is 0 Å². The van der Waals surface area contributed by atoms with E-state index in [1.807, 2.05) is 0 Å². The van der Waals surface area contributed by atoms with Gasteiger partial charge >= 0.3 is 0 Å². The van der Waals surface area contributed by atoms with Gasteiger partial charge in [-0.1, -0.05) is 6.42 Å². The maximum Gasteiger partial charge on any atom is 0.0696 e. The molecule has 1 rings (SSSR count). The molecule has 1 fully saturated rings. The average molecular weight is 214 g/mol. The molecule has 0 aromatic heterocycles. The zero-order valence-electron chi connectivity index (χ0n) is 7.30. The van der Waals surface area contributed by atoms with Crippen LogP contribution >= 0.6 is 24.0 Å². The van der Waals surface area contributed by atoms with Crippen molar-refractivity contribution in [3.8, 4) is 0 Å². The largest absolute Gasteiger partial charge is 0.299 e. The van der Waals surface area contributed by atoms with Gasteiger partial charge in [0.15, 0.2) is 0 Å². The lowest BCUT2D eigenvalue weighted by Crippen LogP contribution is -2.30. The van der Waals surface area contributed by atoms with Crippen LogP contribution in [0, 0.1) is 0 Å². The van der Waals surface area contributed by atoms with Gasteiger partial charge in [0, 0.05) is 19.0 Å². The molecular weight excluding hydrogens is 197 g/mol. The van der Waals surface area contributed by atoms with E-state index in [4.69, 9.17) is 16.4 Å². The minimum Gasteiger partial charge on any atom is -0.299 e. The second kappa shape index (κ2) is 8.11. The van der Waals surface area contributed by atoms with Crippen molar-refractivity contribution >= 4 is 24.0 Å². The summed E-state index contributed by atoms with van der Waals surface area (Å²) in [4.78, 5) is 5.47. The van der Waals surface area contributed by atoms with Crippen LogP contribution in [0.3, 0.4) is 0 Å². The van der Waals surface area contributed by atoms with E-state index < -0.39 is 0 Å². The van der Waals surface area contributed by atoms with E-state index in [1.165, 1.54) is 19.3 Å². The highest BCUT2D eigenvalue weighted by Crippen LogP contribution is 2.08. The lowest BCUT2D eigenvalue weighted by atomic mass is 10.2. The van der Waals surface area contributed by atoms with Crippen molar-refractivity contribution in [1.82, 2.24) is 5.06 Å². The highest BCUT2D eigenvalue weighted by molar-refractivity contribution is 6.17. The molecule has 2 nitrogen and oxygen atoms in total. The number of hydrogen-bond acceptors (Lipinski definition) is 2. The summed E-state index contributed by atoms with van der Waals surface area (Å²) in [6.45, 7) is 2.98. The second-order valence-corrected chi connectivity index (χ2v) is 3.24. The molecule has 0 amide bonds. The van der Waals surface area contributed by atoms with Crippen LogP contribution in [0.25, 0.3) is 0 Å². The van der Waals surface area contributed by atoms with Crippen molar-refractivity contribution in [3.63, 3.8) is 0 Å². The third-order valence-electron chi connectivity index (χ3n) is 1.87. The number of hydrogen-bond donors (Lipinski definition) is 0. The van der Waals surface area contributed by atoms with E-state index in [0.29, 0.717) is 5.88 Å². The summed E-state index contributed by atoms with van der Waals surface area (Å²) < 4.78 is 0. The summed E-state index contributed by atoms with van der Waals surface area (Å²) in [6.07, 6.45) is 4.87. The Morgan fingerprint density at radius 1 is 1.17 bits per heavy atom. The molecule has 0 atom stereocenters. The number of nitrogens with zero attached hydrogens (tertiary/aromatic N) is 1. The average Bonchev–Trinajstić information content (AvgIpc) is 2.07. The van der Waals surface area contributed by atoms with Gasteiger partial charge in [-0.2, -0.15) is 5.06 Å². The van der Waals surface area contributed by atoms with Crippen LogP contribution in [0.15, 0.2) is 0 Å². The lowest BCUT2D eigenvalue weighted by molar-refractivity contribution is -0.167. The van der Waals surface area contributed by atoms with Gasteiger partial charge < -0.3 is 0 Å². The van der Waals surface area contributed by atoms with Crippen molar-refractivity contribution in [3.05, 3.63) is 0 Å². The predicted molar refractivity (Wildman–Crippen MR) is 54.0 cm³/mol. The molecule has 4 heteroatoms. The number of alkyl halides is 1. The van der Waals surface area contributed by atoms with Crippen LogP contribution in [0.4, 0.5) is 0 Å². The van der Waals surface area contributed by atoms with Gasteiger partial charge in [0.05, 0.1) is 6.61 Å². The second-order valence-electron chi connectivity index (χ2n) is 2.87. The Morgan fingerprint density at radius 3 is 2.42 bits per heavy atom. The summed E-state index contributed by atoms with van der Waals surface area (Å²) in [5.41, 5.74) is 0. The Morgan fingerprint density at radius 2 is 1.83 bits per heavy atom. The minimum atomic E-state index is 0. The molecule has 1 aliphatic rings. The summed E-state index contributed by atoms with van der Waals surface area (Å²) in [7, 11) is 0. The molecule has 0 radical (unpaired) electrons. The van der Waals surface area contributed by atoms with E-state index >= 15 is 0 Å². The molecule has 0 spiro atoms. The maximum absolute atomic E-state index is 5.52. The van der Waals surface area contributed by atoms with Crippen LogP contribution in [-0.4, -0.2) is 30.6 Å². The van der Waals surface area contributed by atoms with Crippen molar-refractivity contribution in [1.29, 1.82) is 0 Å². The molecule has 0 saturated carbocycles. The van der Waals surface area contributed by atoms with Gasteiger partial charge in [0.1, 0.15) is 0 Å². The van der Waals surface area contributed by atoms with E-state index in [0.717, 1.165) is 26.1 Å². The Kier molecular flexibility index (Phi) is 8.45. The third-order valence-corrected chi connectivity index (χ3v) is 2.13. The SMILES string of the molecule is Cl.ClCCCON1CCCCC1. The van der Waals surface area contributed by atoms with Gasteiger partial charge in [-0.3, -0.25) is 4.84 Å². The lowest BCUT2D eigenvalue weighted by Gasteiger charge is -2.25. The third kappa shape index (κ3) is 5.20. The van der Waals surface area contributed by atoms with E-state index in [1.54, 1.807) is 0 Å². The van der Waals surface area contributed by atoms with E-state index in [2.05, 4.69) is 5.06 Å². The van der Waals surface area contributed by atoms with Gasteiger partial charge in [-0.25, -0.2) is 0 Å². The van der Waals surface area contributed by atoms with Crippen LogP contribution < -0.4 is 0 Å². The highest BCUT2D eigenvalue weighted by Gasteiger charge is 2.09. The Bertz CT molecular complexity index is 97.1. The normalized spacial score (nSPS) is 18.8. The molecule has 0 aliphatic carbocycles. The first-order valence-electron chi connectivity index (χ1n) is 4.37. The first kappa shape index (κ1) is 12.5. The van der Waals surface area contributed by atoms with Crippen molar-refractivity contribution < 1.29 is 4.84 Å². The van der Waals surface area contributed by atoms with Crippen molar-refractivity contribution in [2.75, 3.05) is 25.6 Å². The molecule has 1 aliphatic heterocycles. The highest BCUT2D eigenvalue weighted by atomic mass is 35.5. The standard InChI is InChI=1S/C8H16ClNO.ClH/c9-5-4-8-11-10-6-2-1-3-7-10;/h1-8H2;1H. The Hall–Kier alpha value is 0.500. The monoisotopic (exact) mass is 213 g/mol. The quantitative estimate of drug-likeness (QED) is 0.526. The topological polar surface area (TPSA) is 12.5 Å². The molecule has 0 bridgehead atoms. The van der Waals surface area contributed by atoms with Crippen molar-refractivity contribution in [2.24, 2.45) is 0 Å². The number of hydroxylamine groups is 2. The Labute approximate surface area is 85.6 Å². The van der Waals surface area contributed by atoms with Crippen LogP contribution in [-0.2, 0) is 4.84 Å². The molecule has 0 aromatic rings. The Balaban J connectivity index is 0.00000121. The molecule has 74 valence electrons. The minimum absolute atomic E-state index is 0. The molecule has 0 aromatic carbocycles. The van der Waals surface area contributed by atoms with E-state index in [-0.39, 0.29) is 12.4 Å². The molecule has 12 heavy (non-hydrogen) atoms. The van der Waals surface area contributed by atoms with Crippen molar-refractivity contribution in [2.45, 2.75) is 25.7 Å². The van der Waals surface area contributed by atoms with Gasteiger partial charge in [-0.15, -0.1) is 24.0 Å². The van der Waals surface area contributed by atoms with E-state index in [9.17, 15) is 0 Å². The summed E-state index contributed by atoms with van der Waals surface area (Å²) in [6, 6.07) is 0. The molecule has 1 saturated heterocycles. The predicted octanol–water partition coefficient (Wildman–Crippen LogP) is 2.45. The fourth-order valence-corrected chi connectivity index (χ4v) is 1.35. The van der Waals surface area contributed by atoms with Gasteiger partial charge in [-0.05, 0) is 19.3 Å². The fourth-order valence-electron chi connectivity index (χ4n) is 1.24. The fraction of sp³-hybridized carbons (Fsp3) is 1.00. The number of piperidine rings is 1. The van der Waals surface area contributed by atoms with Gasteiger partial charge in [0.25, 0.3) is 0 Å². The first-order chi connectivity index (χ1) is 5.43. The number of halogens is 2. The summed E-state index contributed by atoms with van der Waals surface area (Å²) in [5, 5.41) is 2.07. The smallest absolute Gasteiger partial charge is 0.0696 e. The van der Waals surface area contributed by atoms with Crippen LogP contribution in [0.2, 0.25) is 0 Å². The summed E-state index contributed by atoms with van der Waals surface area (Å²) in [5.74, 6) is 0.702. The molecule has 0 N–H and O–H groups in total. The maximum atomic E-state index is 5.52. The molecular formula is C8H17Cl2NO. The molecule has 1 heterocycles. The number of rotatable bonds is 4. The first-order valence-corrected chi connectivity index (χ1v) is 4.91. The molecule has 0 unspecified atom stereocenters. The van der Waals surface area contributed by atoms with Crippen LogP contribution in [0.1, 0.15) is 25.7 Å². The summed E-state index contributed by atoms with van der Waals surface area (Å²) >= 11 is 5.52. The van der Waals surface area contributed by atoms with Gasteiger partial charge in [0.2, 0.25) is 0 Å². The zero-order chi connectivity index (χ0) is 7.94. The zero-order valence-corrected chi connectivity index (χ0v) is 8.87.